The average Bonchev–Trinajstić information content (AvgIpc) is 3.17. The zero-order valence-corrected chi connectivity index (χ0v) is 12.5. The molecule has 0 unspecified atom stereocenters. The molecule has 2 N–H and O–H groups in total. The Bertz CT molecular complexity index is 872. The van der Waals surface area contributed by atoms with Gasteiger partial charge in [-0.15, -0.1) is 0 Å². The van der Waals surface area contributed by atoms with Crippen LogP contribution in [0.15, 0.2) is 60.9 Å². The quantitative estimate of drug-likeness (QED) is 0.764. The maximum absolute atomic E-state index is 12.9. The van der Waals surface area contributed by atoms with Crippen LogP contribution in [-0.2, 0) is 5.72 Å². The van der Waals surface area contributed by atoms with Gasteiger partial charge >= 0.3 is 0 Å². The molecule has 0 saturated carbocycles. The number of amides is 1. The molecule has 1 aromatic heterocycles. The molecule has 0 radical (unpaired) electrons. The van der Waals surface area contributed by atoms with Crippen molar-refractivity contribution < 1.29 is 9.90 Å². The van der Waals surface area contributed by atoms with Crippen molar-refractivity contribution >= 4 is 11.6 Å². The summed E-state index contributed by atoms with van der Waals surface area (Å²) < 4.78 is 0. The second kappa shape index (κ2) is 4.79. The minimum atomic E-state index is -1.65. The number of nitrogens with one attached hydrogen (secondary N) is 1. The van der Waals surface area contributed by atoms with Crippen molar-refractivity contribution in [3.63, 3.8) is 0 Å². The van der Waals surface area contributed by atoms with Gasteiger partial charge in [-0.3, -0.25) is 9.69 Å². The fourth-order valence-electron chi connectivity index (χ4n) is 3.05. The number of carbonyl (C=O) groups excluding carboxylic acids is 1. The summed E-state index contributed by atoms with van der Waals surface area (Å²) >= 11 is 0. The van der Waals surface area contributed by atoms with Gasteiger partial charge in [-0.25, -0.2) is 4.98 Å². The number of imidazole rings is 1. The number of aromatic amines is 1. The third-order valence-corrected chi connectivity index (χ3v) is 4.18. The topological polar surface area (TPSA) is 69.2 Å². The highest BCUT2D eigenvalue weighted by Crippen LogP contribution is 2.43. The summed E-state index contributed by atoms with van der Waals surface area (Å²) in [7, 11) is 0. The Balaban J connectivity index is 1.98. The summed E-state index contributed by atoms with van der Waals surface area (Å²) in [5.74, 6) is 0.0692. The monoisotopic (exact) mass is 305 g/mol. The first-order valence-electron chi connectivity index (χ1n) is 7.35. The molecule has 0 spiro atoms. The standard InChI is InChI=1S/C18H15N3O2/c1-12-6-8-13(9-7-12)21-16(22)14-4-2-3-5-15(14)18(21,23)17-19-10-11-20-17/h2-11,23H,1H3,(H,19,20)/t18-/m0/s1. The number of nitrogens with zero attached hydrogens (tertiary/aromatic N) is 2. The van der Waals surface area contributed by atoms with Gasteiger partial charge in [0, 0.05) is 29.2 Å². The lowest BCUT2D eigenvalue weighted by Crippen LogP contribution is -2.45. The Morgan fingerprint density at radius 1 is 1.13 bits per heavy atom. The molecule has 5 nitrogen and oxygen atoms in total. The highest BCUT2D eigenvalue weighted by atomic mass is 16.3. The number of aryl methyl sites for hydroxylation is 1. The number of benzene rings is 2. The van der Waals surface area contributed by atoms with Crippen molar-refractivity contribution in [3.05, 3.63) is 83.4 Å². The molecule has 3 aromatic rings. The van der Waals surface area contributed by atoms with Crippen LogP contribution in [0.2, 0.25) is 0 Å². The molecule has 2 aromatic carbocycles. The summed E-state index contributed by atoms with van der Waals surface area (Å²) in [5.41, 5.74) is 1.06. The van der Waals surface area contributed by atoms with E-state index in [0.29, 0.717) is 22.6 Å². The first-order valence-corrected chi connectivity index (χ1v) is 7.35. The smallest absolute Gasteiger partial charge is 0.261 e. The van der Waals surface area contributed by atoms with Crippen molar-refractivity contribution in [2.24, 2.45) is 0 Å². The SMILES string of the molecule is Cc1ccc(N2C(=O)c3ccccc3[C@]2(O)c2ncc[nH]2)cc1. The highest BCUT2D eigenvalue weighted by molar-refractivity contribution is 6.12. The van der Waals surface area contributed by atoms with E-state index in [-0.39, 0.29) is 5.91 Å². The minimum Gasteiger partial charge on any atom is -0.360 e. The lowest BCUT2D eigenvalue weighted by Gasteiger charge is -2.32. The second-order valence-electron chi connectivity index (χ2n) is 5.63. The van der Waals surface area contributed by atoms with E-state index in [1.807, 2.05) is 31.2 Å². The number of H-pyrrole nitrogens is 1. The molecule has 0 aliphatic carbocycles. The van der Waals surface area contributed by atoms with Gasteiger partial charge in [-0.1, -0.05) is 35.9 Å². The van der Waals surface area contributed by atoms with Crippen molar-refractivity contribution in [2.75, 3.05) is 4.90 Å². The van der Waals surface area contributed by atoms with E-state index in [2.05, 4.69) is 9.97 Å². The van der Waals surface area contributed by atoms with Crippen LogP contribution >= 0.6 is 0 Å². The predicted molar refractivity (Wildman–Crippen MR) is 86.0 cm³/mol. The number of aliphatic hydroxyl groups is 1. The lowest BCUT2D eigenvalue weighted by atomic mass is 10.0. The maximum atomic E-state index is 12.9. The molecule has 1 aliphatic heterocycles. The molecule has 5 heteroatoms. The Labute approximate surface area is 133 Å². The van der Waals surface area contributed by atoms with E-state index in [1.54, 1.807) is 36.7 Å². The molecular formula is C18H15N3O2. The van der Waals surface area contributed by atoms with E-state index in [4.69, 9.17) is 0 Å². The summed E-state index contributed by atoms with van der Waals surface area (Å²) in [6, 6.07) is 14.5. The van der Waals surface area contributed by atoms with Gasteiger partial charge in [-0.05, 0) is 25.1 Å². The molecule has 0 saturated heterocycles. The molecular weight excluding hydrogens is 290 g/mol. The molecule has 1 amide bonds. The van der Waals surface area contributed by atoms with E-state index in [0.717, 1.165) is 5.56 Å². The number of rotatable bonds is 2. The van der Waals surface area contributed by atoms with E-state index < -0.39 is 5.72 Å². The van der Waals surface area contributed by atoms with Crippen LogP contribution in [0.3, 0.4) is 0 Å². The molecule has 1 aliphatic rings. The normalized spacial score (nSPS) is 19.9. The van der Waals surface area contributed by atoms with Gasteiger partial charge in [0.15, 0.2) is 5.82 Å². The molecule has 2 heterocycles. The summed E-state index contributed by atoms with van der Waals surface area (Å²) in [4.78, 5) is 21.4. The van der Waals surface area contributed by atoms with Gasteiger partial charge in [-0.2, -0.15) is 0 Å². The van der Waals surface area contributed by atoms with Crippen molar-refractivity contribution in [3.8, 4) is 0 Å². The fourth-order valence-corrected chi connectivity index (χ4v) is 3.05. The number of fused-ring (bicyclic) bond motifs is 1. The highest BCUT2D eigenvalue weighted by Gasteiger charge is 2.52. The zero-order valence-electron chi connectivity index (χ0n) is 12.5. The van der Waals surface area contributed by atoms with Crippen LogP contribution in [0.5, 0.6) is 0 Å². The summed E-state index contributed by atoms with van der Waals surface area (Å²) in [5, 5.41) is 11.5. The molecule has 1 atom stereocenters. The number of hydrogen-bond donors (Lipinski definition) is 2. The van der Waals surface area contributed by atoms with E-state index >= 15 is 0 Å². The van der Waals surface area contributed by atoms with Crippen LogP contribution < -0.4 is 4.90 Å². The molecule has 4 rings (SSSR count). The van der Waals surface area contributed by atoms with E-state index in [9.17, 15) is 9.90 Å². The lowest BCUT2D eigenvalue weighted by molar-refractivity contribution is 0.0653. The number of anilines is 1. The van der Waals surface area contributed by atoms with Gasteiger partial charge < -0.3 is 10.1 Å². The Morgan fingerprint density at radius 2 is 1.87 bits per heavy atom. The Kier molecular flexibility index (Phi) is 2.86. The maximum Gasteiger partial charge on any atom is 0.261 e. The van der Waals surface area contributed by atoms with Crippen LogP contribution in [0, 0.1) is 6.92 Å². The van der Waals surface area contributed by atoms with Crippen molar-refractivity contribution in [1.29, 1.82) is 0 Å². The van der Waals surface area contributed by atoms with Crippen LogP contribution in [0.25, 0.3) is 0 Å². The van der Waals surface area contributed by atoms with Gasteiger partial charge in [0.1, 0.15) is 0 Å². The second-order valence-corrected chi connectivity index (χ2v) is 5.63. The third-order valence-electron chi connectivity index (χ3n) is 4.18. The predicted octanol–water partition coefficient (Wildman–Crippen LogP) is 2.57. The van der Waals surface area contributed by atoms with Gasteiger partial charge in [0.2, 0.25) is 5.72 Å². The number of carbonyl (C=O) groups is 1. The number of hydrogen-bond acceptors (Lipinski definition) is 3. The molecule has 0 bridgehead atoms. The summed E-state index contributed by atoms with van der Waals surface area (Å²) in [6.07, 6.45) is 3.19. The third kappa shape index (κ3) is 1.83. The van der Waals surface area contributed by atoms with Crippen LogP contribution in [-0.4, -0.2) is 21.0 Å². The van der Waals surface area contributed by atoms with Crippen LogP contribution in [0.4, 0.5) is 5.69 Å². The zero-order chi connectivity index (χ0) is 16.0. The summed E-state index contributed by atoms with van der Waals surface area (Å²) in [6.45, 7) is 1.98. The molecule has 23 heavy (non-hydrogen) atoms. The first-order chi connectivity index (χ1) is 11.1. The molecule has 0 fully saturated rings. The minimum absolute atomic E-state index is 0.247. The average molecular weight is 305 g/mol. The fraction of sp³-hybridized carbons (Fsp3) is 0.111. The van der Waals surface area contributed by atoms with E-state index in [1.165, 1.54) is 4.90 Å². The Morgan fingerprint density at radius 3 is 2.57 bits per heavy atom. The van der Waals surface area contributed by atoms with Gasteiger partial charge in [0.05, 0.1) is 0 Å². The van der Waals surface area contributed by atoms with Crippen LogP contribution in [0.1, 0.15) is 27.3 Å². The largest absolute Gasteiger partial charge is 0.360 e. The molecule has 114 valence electrons. The Hall–Kier alpha value is -2.92. The first kappa shape index (κ1) is 13.7. The van der Waals surface area contributed by atoms with Crippen molar-refractivity contribution in [1.82, 2.24) is 9.97 Å². The van der Waals surface area contributed by atoms with Crippen molar-refractivity contribution in [2.45, 2.75) is 12.6 Å². The number of aromatic nitrogens is 2. The van der Waals surface area contributed by atoms with Gasteiger partial charge in [0.25, 0.3) is 5.91 Å².